The summed E-state index contributed by atoms with van der Waals surface area (Å²) in [5.74, 6) is 1.40. The van der Waals surface area contributed by atoms with Crippen molar-refractivity contribution in [2.45, 2.75) is 6.92 Å². The molecular weight excluding hydrogens is 272 g/mol. The summed E-state index contributed by atoms with van der Waals surface area (Å²) >= 11 is 1.42. The van der Waals surface area contributed by atoms with Crippen molar-refractivity contribution in [2.75, 3.05) is 14.2 Å². The molecule has 0 atom stereocenters. The normalized spacial score (nSPS) is 10.8. The van der Waals surface area contributed by atoms with E-state index in [9.17, 15) is 0 Å². The van der Waals surface area contributed by atoms with Crippen molar-refractivity contribution in [2.24, 2.45) is 0 Å². The molecule has 5 heteroatoms. The first kappa shape index (κ1) is 12.9. The van der Waals surface area contributed by atoms with Crippen LogP contribution in [-0.2, 0) is 0 Å². The Balaban J connectivity index is 2.25. The average Bonchev–Trinajstić information content (AvgIpc) is 3.00. The Bertz CT molecular complexity index is 754. The molecule has 0 fully saturated rings. The summed E-state index contributed by atoms with van der Waals surface area (Å²) in [6.07, 6.45) is 1.83. The molecular formula is C15H14N2O2S. The molecule has 0 aliphatic heterocycles. The van der Waals surface area contributed by atoms with E-state index in [4.69, 9.17) is 14.5 Å². The first-order valence-corrected chi connectivity index (χ1v) is 6.99. The van der Waals surface area contributed by atoms with E-state index in [2.05, 4.69) is 17.4 Å². The molecule has 0 aliphatic carbocycles. The van der Waals surface area contributed by atoms with Gasteiger partial charge in [-0.1, -0.05) is 0 Å². The van der Waals surface area contributed by atoms with E-state index in [-0.39, 0.29) is 0 Å². The van der Waals surface area contributed by atoms with Gasteiger partial charge in [-0.3, -0.25) is 0 Å². The number of ether oxygens (including phenoxy) is 2. The topological polar surface area (TPSA) is 44.2 Å². The molecule has 0 radical (unpaired) electrons. The maximum atomic E-state index is 5.34. The Morgan fingerprint density at radius 2 is 1.80 bits per heavy atom. The molecule has 0 N–H and O–H groups in total. The van der Waals surface area contributed by atoms with E-state index in [0.717, 1.165) is 33.5 Å². The molecule has 0 amide bonds. The highest BCUT2D eigenvalue weighted by molar-refractivity contribution is 7.03. The minimum atomic E-state index is 0.687. The molecule has 0 saturated carbocycles. The highest BCUT2D eigenvalue weighted by Gasteiger charge is 2.11. The summed E-state index contributed by atoms with van der Waals surface area (Å²) in [6, 6.07) is 5.94. The van der Waals surface area contributed by atoms with Gasteiger partial charge >= 0.3 is 0 Å². The van der Waals surface area contributed by atoms with Crippen molar-refractivity contribution in [3.05, 3.63) is 35.3 Å². The van der Waals surface area contributed by atoms with Crippen LogP contribution < -0.4 is 9.47 Å². The van der Waals surface area contributed by atoms with Crippen molar-refractivity contribution in [3.63, 3.8) is 0 Å². The zero-order valence-electron chi connectivity index (χ0n) is 11.5. The third kappa shape index (κ3) is 2.10. The fourth-order valence-electron chi connectivity index (χ4n) is 2.20. The van der Waals surface area contributed by atoms with Gasteiger partial charge in [-0.05, 0) is 36.2 Å². The molecule has 20 heavy (non-hydrogen) atoms. The standard InChI is InChI=1S/C15H14N2O2S/c1-9-4-12(10-7-16-20-8-10)17-13-6-15(19-3)14(18-2)5-11(9)13/h4-8H,1-3H3. The summed E-state index contributed by atoms with van der Waals surface area (Å²) < 4.78 is 14.8. The molecule has 4 nitrogen and oxygen atoms in total. The Labute approximate surface area is 121 Å². The molecule has 0 bridgehead atoms. The quantitative estimate of drug-likeness (QED) is 0.736. The van der Waals surface area contributed by atoms with E-state index in [1.54, 1.807) is 14.2 Å². The van der Waals surface area contributed by atoms with Crippen LogP contribution in [0.25, 0.3) is 22.2 Å². The minimum absolute atomic E-state index is 0.687. The maximum absolute atomic E-state index is 5.34. The number of fused-ring (bicyclic) bond motifs is 1. The van der Waals surface area contributed by atoms with Crippen LogP contribution in [0.1, 0.15) is 5.56 Å². The number of benzene rings is 1. The first-order chi connectivity index (χ1) is 9.72. The lowest BCUT2D eigenvalue weighted by Crippen LogP contribution is -1.94. The number of nitrogens with zero attached hydrogens (tertiary/aromatic N) is 2. The molecule has 0 spiro atoms. The Morgan fingerprint density at radius 3 is 2.45 bits per heavy atom. The second-order valence-electron chi connectivity index (χ2n) is 4.46. The summed E-state index contributed by atoms with van der Waals surface area (Å²) in [5.41, 5.74) is 4.01. The molecule has 1 aromatic carbocycles. The van der Waals surface area contributed by atoms with Gasteiger partial charge in [0.2, 0.25) is 0 Å². The van der Waals surface area contributed by atoms with Crippen LogP contribution in [-0.4, -0.2) is 23.6 Å². The lowest BCUT2D eigenvalue weighted by atomic mass is 10.1. The molecule has 2 aromatic heterocycles. The van der Waals surface area contributed by atoms with Gasteiger partial charge in [0.25, 0.3) is 0 Å². The van der Waals surface area contributed by atoms with Crippen molar-refractivity contribution in [1.29, 1.82) is 0 Å². The Hall–Kier alpha value is -2.14. The van der Waals surface area contributed by atoms with Gasteiger partial charge in [-0.15, -0.1) is 0 Å². The van der Waals surface area contributed by atoms with Crippen LogP contribution in [0.15, 0.2) is 29.8 Å². The predicted molar refractivity (Wildman–Crippen MR) is 80.7 cm³/mol. The fraction of sp³-hybridized carbons (Fsp3) is 0.200. The van der Waals surface area contributed by atoms with Crippen molar-refractivity contribution >= 4 is 22.4 Å². The molecule has 0 unspecified atom stereocenters. The molecule has 2 heterocycles. The zero-order valence-corrected chi connectivity index (χ0v) is 12.3. The number of pyridine rings is 1. The molecule has 102 valence electrons. The van der Waals surface area contributed by atoms with Gasteiger partial charge in [-0.2, -0.15) is 0 Å². The monoisotopic (exact) mass is 286 g/mol. The van der Waals surface area contributed by atoms with Crippen LogP contribution in [0, 0.1) is 6.92 Å². The van der Waals surface area contributed by atoms with Crippen molar-refractivity contribution in [3.8, 4) is 22.8 Å². The van der Waals surface area contributed by atoms with E-state index >= 15 is 0 Å². The van der Waals surface area contributed by atoms with Gasteiger partial charge in [0, 0.05) is 22.4 Å². The molecule has 0 saturated heterocycles. The van der Waals surface area contributed by atoms with Crippen molar-refractivity contribution < 1.29 is 9.47 Å². The second-order valence-corrected chi connectivity index (χ2v) is 5.12. The number of aryl methyl sites for hydroxylation is 1. The van der Waals surface area contributed by atoms with Crippen LogP contribution in [0.5, 0.6) is 11.5 Å². The lowest BCUT2D eigenvalue weighted by Gasteiger charge is -2.11. The van der Waals surface area contributed by atoms with E-state index in [0.29, 0.717) is 5.75 Å². The minimum Gasteiger partial charge on any atom is -0.493 e. The predicted octanol–water partition coefficient (Wildman–Crippen LogP) is 3.68. The van der Waals surface area contributed by atoms with Gasteiger partial charge in [0.05, 0.1) is 31.6 Å². The number of rotatable bonds is 3. The highest BCUT2D eigenvalue weighted by atomic mass is 32.1. The molecule has 3 rings (SSSR count). The number of hydrogen-bond donors (Lipinski definition) is 0. The van der Waals surface area contributed by atoms with Gasteiger partial charge in [0.1, 0.15) is 0 Å². The largest absolute Gasteiger partial charge is 0.493 e. The summed E-state index contributed by atoms with van der Waals surface area (Å²) in [6.45, 7) is 2.07. The molecule has 0 aliphatic rings. The third-order valence-corrected chi connectivity index (χ3v) is 3.84. The van der Waals surface area contributed by atoms with Crippen LogP contribution in [0.4, 0.5) is 0 Å². The average molecular weight is 286 g/mol. The smallest absolute Gasteiger partial charge is 0.162 e. The number of methoxy groups -OCH3 is 2. The summed E-state index contributed by atoms with van der Waals surface area (Å²) in [4.78, 5) is 4.69. The lowest BCUT2D eigenvalue weighted by molar-refractivity contribution is 0.356. The van der Waals surface area contributed by atoms with Crippen LogP contribution in [0.3, 0.4) is 0 Å². The first-order valence-electron chi connectivity index (χ1n) is 6.16. The van der Waals surface area contributed by atoms with E-state index in [1.807, 2.05) is 23.7 Å². The number of aromatic nitrogens is 2. The maximum Gasteiger partial charge on any atom is 0.162 e. The summed E-state index contributed by atoms with van der Waals surface area (Å²) in [5, 5.41) is 3.06. The van der Waals surface area contributed by atoms with Gasteiger partial charge in [-0.25, -0.2) is 9.36 Å². The fourth-order valence-corrected chi connectivity index (χ4v) is 2.73. The van der Waals surface area contributed by atoms with Crippen LogP contribution in [0.2, 0.25) is 0 Å². The van der Waals surface area contributed by atoms with E-state index in [1.165, 1.54) is 11.5 Å². The Kier molecular flexibility index (Phi) is 3.28. The zero-order chi connectivity index (χ0) is 14.1. The Morgan fingerprint density at radius 1 is 1.05 bits per heavy atom. The SMILES string of the molecule is COc1cc2nc(-c3cnsc3)cc(C)c2cc1OC. The van der Waals surface area contributed by atoms with Gasteiger partial charge < -0.3 is 9.47 Å². The second kappa shape index (κ2) is 5.09. The van der Waals surface area contributed by atoms with Crippen molar-refractivity contribution in [1.82, 2.24) is 9.36 Å². The van der Waals surface area contributed by atoms with Crippen LogP contribution >= 0.6 is 11.5 Å². The highest BCUT2D eigenvalue weighted by Crippen LogP contribution is 2.34. The van der Waals surface area contributed by atoms with Gasteiger partial charge in [0.15, 0.2) is 11.5 Å². The van der Waals surface area contributed by atoms with E-state index < -0.39 is 0 Å². The third-order valence-electron chi connectivity index (χ3n) is 3.25. The number of hydrogen-bond acceptors (Lipinski definition) is 5. The summed E-state index contributed by atoms with van der Waals surface area (Å²) in [7, 11) is 3.26. The molecule has 3 aromatic rings.